The van der Waals surface area contributed by atoms with E-state index in [1.54, 1.807) is 0 Å². The minimum absolute atomic E-state index is 0.239. The third-order valence-electron chi connectivity index (χ3n) is 3.23. The van der Waals surface area contributed by atoms with Gasteiger partial charge in [-0.3, -0.25) is 0 Å². The summed E-state index contributed by atoms with van der Waals surface area (Å²) in [6, 6.07) is 7.95. The molecule has 0 saturated heterocycles. The van der Waals surface area contributed by atoms with E-state index in [-0.39, 0.29) is 5.92 Å². The Hall–Kier alpha value is -2.08. The van der Waals surface area contributed by atoms with Crippen molar-refractivity contribution in [2.24, 2.45) is 0 Å². The largest absolute Gasteiger partial charge is 0.383 e. The number of nitrogens with one attached hydrogen (secondary N) is 1. The summed E-state index contributed by atoms with van der Waals surface area (Å²) in [6.45, 7) is 6.05. The van der Waals surface area contributed by atoms with Gasteiger partial charge in [0, 0.05) is 11.5 Å². The lowest BCUT2D eigenvalue weighted by Crippen LogP contribution is -2.05. The van der Waals surface area contributed by atoms with E-state index in [0.717, 1.165) is 32.6 Å². The molecule has 0 spiro atoms. The zero-order chi connectivity index (χ0) is 15.0. The van der Waals surface area contributed by atoms with Crippen molar-refractivity contribution in [1.29, 1.82) is 0 Å². The number of rotatable bonds is 3. The molecule has 2 heterocycles. The number of benzene rings is 1. The average molecular weight is 299 g/mol. The van der Waals surface area contributed by atoms with Crippen LogP contribution in [0, 0.1) is 6.92 Å². The Labute approximate surface area is 127 Å². The molecule has 2 aromatic heterocycles. The van der Waals surface area contributed by atoms with Crippen molar-refractivity contribution in [3.05, 3.63) is 35.7 Å². The van der Waals surface area contributed by atoms with Crippen molar-refractivity contribution in [3.8, 4) is 0 Å². The van der Waals surface area contributed by atoms with Crippen LogP contribution in [0.15, 0.2) is 34.4 Å². The Balaban J connectivity index is 2.00. The van der Waals surface area contributed by atoms with Gasteiger partial charge in [-0.25, -0.2) is 15.0 Å². The van der Waals surface area contributed by atoms with Gasteiger partial charge in [-0.15, -0.1) is 0 Å². The van der Waals surface area contributed by atoms with Crippen LogP contribution >= 0.6 is 11.8 Å². The van der Waals surface area contributed by atoms with E-state index in [4.69, 9.17) is 5.73 Å². The van der Waals surface area contributed by atoms with Gasteiger partial charge in [-0.1, -0.05) is 26.0 Å². The molecule has 1 aromatic carbocycles. The van der Waals surface area contributed by atoms with E-state index in [0.29, 0.717) is 5.82 Å². The van der Waals surface area contributed by atoms with E-state index in [1.807, 2.05) is 31.2 Å². The Morgan fingerprint density at radius 3 is 2.62 bits per heavy atom. The van der Waals surface area contributed by atoms with Gasteiger partial charge in [0.05, 0.1) is 11.0 Å². The summed E-state index contributed by atoms with van der Waals surface area (Å²) in [5.41, 5.74) is 8.85. The van der Waals surface area contributed by atoms with E-state index in [1.165, 1.54) is 11.8 Å². The fraction of sp³-hybridized carbons (Fsp3) is 0.267. The molecule has 3 N–H and O–H groups in total. The summed E-state index contributed by atoms with van der Waals surface area (Å²) in [6.07, 6.45) is 0. The number of para-hydroxylation sites is 2. The van der Waals surface area contributed by atoms with Crippen LogP contribution in [-0.2, 0) is 0 Å². The minimum Gasteiger partial charge on any atom is -0.383 e. The minimum atomic E-state index is 0.239. The van der Waals surface area contributed by atoms with Crippen LogP contribution in [0.5, 0.6) is 0 Å². The number of H-pyrrole nitrogens is 1. The summed E-state index contributed by atoms with van der Waals surface area (Å²) in [7, 11) is 0. The summed E-state index contributed by atoms with van der Waals surface area (Å²) in [5.74, 6) is 1.53. The van der Waals surface area contributed by atoms with Gasteiger partial charge in [0.1, 0.15) is 16.7 Å². The van der Waals surface area contributed by atoms with Gasteiger partial charge in [0.25, 0.3) is 0 Å². The van der Waals surface area contributed by atoms with Crippen molar-refractivity contribution in [2.75, 3.05) is 5.73 Å². The molecule has 0 saturated carbocycles. The second kappa shape index (κ2) is 5.37. The number of nitrogens with two attached hydrogens (primary N) is 1. The van der Waals surface area contributed by atoms with Crippen molar-refractivity contribution < 1.29 is 0 Å². The van der Waals surface area contributed by atoms with Crippen molar-refractivity contribution >= 4 is 28.6 Å². The van der Waals surface area contributed by atoms with Crippen molar-refractivity contribution in [2.45, 2.75) is 36.9 Å². The number of aromatic nitrogens is 4. The highest BCUT2D eigenvalue weighted by Crippen LogP contribution is 2.31. The first kappa shape index (κ1) is 13.9. The third kappa shape index (κ3) is 2.71. The zero-order valence-corrected chi connectivity index (χ0v) is 13.0. The zero-order valence-electron chi connectivity index (χ0n) is 12.2. The molecule has 0 aliphatic carbocycles. The standard InChI is InChI=1S/C15H17N5S/c1-8(2)13-19-12(16)9(3)14(20-13)21-15-17-10-6-4-5-7-11(10)18-15/h4-8H,1-3H3,(H,17,18)(H2,16,19,20). The molecule has 0 bridgehead atoms. The topological polar surface area (TPSA) is 80.5 Å². The van der Waals surface area contributed by atoms with E-state index < -0.39 is 0 Å². The quantitative estimate of drug-likeness (QED) is 0.723. The van der Waals surface area contributed by atoms with Gasteiger partial charge >= 0.3 is 0 Å². The van der Waals surface area contributed by atoms with Crippen LogP contribution in [0.3, 0.4) is 0 Å². The maximum atomic E-state index is 5.99. The van der Waals surface area contributed by atoms with Crippen molar-refractivity contribution in [3.63, 3.8) is 0 Å². The second-order valence-electron chi connectivity index (χ2n) is 5.21. The number of anilines is 1. The van der Waals surface area contributed by atoms with Crippen LogP contribution in [0.2, 0.25) is 0 Å². The molecule has 0 atom stereocenters. The SMILES string of the molecule is Cc1c(N)nc(C(C)C)nc1Sc1nc2ccccc2[nH]1. The Bertz CT molecular complexity index is 761. The lowest BCUT2D eigenvalue weighted by molar-refractivity contribution is 0.750. The number of fused-ring (bicyclic) bond motifs is 1. The van der Waals surface area contributed by atoms with E-state index in [2.05, 4.69) is 33.8 Å². The summed E-state index contributed by atoms with van der Waals surface area (Å²) < 4.78 is 0. The first-order chi connectivity index (χ1) is 10.0. The van der Waals surface area contributed by atoms with E-state index in [9.17, 15) is 0 Å². The number of hydrogen-bond donors (Lipinski definition) is 2. The third-order valence-corrected chi connectivity index (χ3v) is 4.21. The molecule has 21 heavy (non-hydrogen) atoms. The first-order valence-corrected chi connectivity index (χ1v) is 7.63. The molecular formula is C15H17N5S. The van der Waals surface area contributed by atoms with Crippen LogP contribution < -0.4 is 5.73 Å². The molecule has 0 aliphatic heterocycles. The number of imidazole rings is 1. The molecule has 5 nitrogen and oxygen atoms in total. The predicted molar refractivity (Wildman–Crippen MR) is 85.5 cm³/mol. The highest BCUT2D eigenvalue weighted by atomic mass is 32.2. The average Bonchev–Trinajstić information content (AvgIpc) is 2.85. The normalized spacial score (nSPS) is 11.4. The fourth-order valence-corrected chi connectivity index (χ4v) is 2.84. The smallest absolute Gasteiger partial charge is 0.172 e. The Morgan fingerprint density at radius 1 is 1.14 bits per heavy atom. The number of aromatic amines is 1. The van der Waals surface area contributed by atoms with Crippen LogP contribution in [-0.4, -0.2) is 19.9 Å². The molecule has 0 aliphatic rings. The molecule has 3 rings (SSSR count). The summed E-state index contributed by atoms with van der Waals surface area (Å²) in [4.78, 5) is 16.8. The van der Waals surface area contributed by atoms with Gasteiger partial charge in [0.2, 0.25) is 0 Å². The highest BCUT2D eigenvalue weighted by Gasteiger charge is 2.14. The fourth-order valence-electron chi connectivity index (χ4n) is 1.96. The highest BCUT2D eigenvalue weighted by molar-refractivity contribution is 7.99. The van der Waals surface area contributed by atoms with Gasteiger partial charge in [0.15, 0.2) is 5.16 Å². The molecule has 6 heteroatoms. The van der Waals surface area contributed by atoms with Crippen LogP contribution in [0.25, 0.3) is 11.0 Å². The molecule has 0 amide bonds. The number of nitrogen functional groups attached to an aromatic ring is 1. The number of nitrogens with zero attached hydrogens (tertiary/aromatic N) is 3. The maximum absolute atomic E-state index is 5.99. The predicted octanol–water partition coefficient (Wildman–Crippen LogP) is 3.52. The van der Waals surface area contributed by atoms with E-state index >= 15 is 0 Å². The Morgan fingerprint density at radius 2 is 1.90 bits per heavy atom. The molecule has 0 fully saturated rings. The van der Waals surface area contributed by atoms with Crippen LogP contribution in [0.4, 0.5) is 5.82 Å². The molecule has 0 radical (unpaired) electrons. The monoisotopic (exact) mass is 299 g/mol. The molecular weight excluding hydrogens is 282 g/mol. The first-order valence-electron chi connectivity index (χ1n) is 6.81. The molecule has 0 unspecified atom stereocenters. The van der Waals surface area contributed by atoms with Crippen molar-refractivity contribution in [1.82, 2.24) is 19.9 Å². The maximum Gasteiger partial charge on any atom is 0.172 e. The molecule has 108 valence electrons. The Kier molecular flexibility index (Phi) is 3.55. The van der Waals surface area contributed by atoms with Gasteiger partial charge in [-0.2, -0.15) is 0 Å². The summed E-state index contributed by atoms with van der Waals surface area (Å²) in [5, 5.41) is 1.66. The van der Waals surface area contributed by atoms with Gasteiger partial charge < -0.3 is 10.7 Å². The lowest BCUT2D eigenvalue weighted by Gasteiger charge is -2.10. The summed E-state index contributed by atoms with van der Waals surface area (Å²) >= 11 is 1.49. The lowest BCUT2D eigenvalue weighted by atomic mass is 10.2. The second-order valence-corrected chi connectivity index (χ2v) is 6.19. The number of hydrogen-bond acceptors (Lipinski definition) is 5. The van der Waals surface area contributed by atoms with Gasteiger partial charge in [-0.05, 0) is 30.8 Å². The molecule has 3 aromatic rings. The van der Waals surface area contributed by atoms with Crippen LogP contribution in [0.1, 0.15) is 31.2 Å².